The lowest BCUT2D eigenvalue weighted by Crippen LogP contribution is -2.48. The summed E-state index contributed by atoms with van der Waals surface area (Å²) in [4.78, 5) is 19.7. The molecule has 0 spiro atoms. The zero-order chi connectivity index (χ0) is 16.8. The summed E-state index contributed by atoms with van der Waals surface area (Å²) in [6.45, 7) is 7.80. The number of hydrogen-bond donors (Lipinski definition) is 1. The molecule has 1 amide bonds. The van der Waals surface area contributed by atoms with Crippen molar-refractivity contribution < 1.29 is 9.90 Å². The molecule has 0 bridgehead atoms. The van der Waals surface area contributed by atoms with Crippen LogP contribution in [0.4, 0.5) is 10.5 Å². The molecule has 0 aliphatic carbocycles. The molecule has 122 valence electrons. The van der Waals surface area contributed by atoms with E-state index in [1.807, 2.05) is 6.07 Å². The van der Waals surface area contributed by atoms with Crippen LogP contribution in [0.25, 0.3) is 0 Å². The highest BCUT2D eigenvalue weighted by molar-refractivity contribution is 5.67. The van der Waals surface area contributed by atoms with Gasteiger partial charge in [-0.1, -0.05) is 20.8 Å². The highest BCUT2D eigenvalue weighted by Crippen LogP contribution is 2.43. The maximum atomic E-state index is 11.8. The fourth-order valence-corrected chi connectivity index (χ4v) is 3.95. The fraction of sp³-hybridized carbons (Fsp3) is 0.588. The molecule has 2 aliphatic heterocycles. The summed E-state index contributed by atoms with van der Waals surface area (Å²) in [5.74, 6) is 0.334. The van der Waals surface area contributed by atoms with Crippen molar-refractivity contribution in [3.05, 3.63) is 24.0 Å². The van der Waals surface area contributed by atoms with Gasteiger partial charge in [-0.2, -0.15) is 5.26 Å². The molecule has 1 aromatic rings. The quantitative estimate of drug-likeness (QED) is 0.861. The Morgan fingerprint density at radius 3 is 2.74 bits per heavy atom. The normalized spacial score (nSPS) is 27.0. The fourth-order valence-electron chi connectivity index (χ4n) is 3.95. The van der Waals surface area contributed by atoms with Crippen molar-refractivity contribution in [2.24, 2.45) is 11.3 Å². The molecule has 2 aliphatic rings. The van der Waals surface area contributed by atoms with Crippen molar-refractivity contribution in [1.82, 2.24) is 9.88 Å². The van der Waals surface area contributed by atoms with Gasteiger partial charge in [-0.25, -0.2) is 4.79 Å². The first-order chi connectivity index (χ1) is 10.8. The summed E-state index contributed by atoms with van der Waals surface area (Å²) >= 11 is 0. The van der Waals surface area contributed by atoms with Crippen molar-refractivity contribution >= 4 is 11.8 Å². The van der Waals surface area contributed by atoms with Crippen molar-refractivity contribution in [3.63, 3.8) is 0 Å². The molecule has 0 radical (unpaired) electrons. The number of pyridine rings is 1. The number of hydrogen-bond acceptors (Lipinski definition) is 4. The van der Waals surface area contributed by atoms with Gasteiger partial charge in [0.1, 0.15) is 6.07 Å². The van der Waals surface area contributed by atoms with E-state index in [4.69, 9.17) is 5.26 Å². The van der Waals surface area contributed by atoms with Crippen LogP contribution in [0.3, 0.4) is 0 Å². The van der Waals surface area contributed by atoms with Crippen LogP contribution >= 0.6 is 0 Å². The minimum atomic E-state index is -0.830. The third kappa shape index (κ3) is 2.72. The summed E-state index contributed by atoms with van der Waals surface area (Å²) in [7, 11) is 0. The number of nitriles is 1. The van der Waals surface area contributed by atoms with Crippen molar-refractivity contribution in [1.29, 1.82) is 5.26 Å². The summed E-state index contributed by atoms with van der Waals surface area (Å²) in [6, 6.07) is 3.99. The molecule has 1 N–H and O–H groups in total. The molecule has 3 heterocycles. The van der Waals surface area contributed by atoms with E-state index in [9.17, 15) is 9.90 Å². The van der Waals surface area contributed by atoms with Crippen LogP contribution < -0.4 is 4.90 Å². The van der Waals surface area contributed by atoms with E-state index in [-0.39, 0.29) is 17.5 Å². The second kappa shape index (κ2) is 5.41. The largest absolute Gasteiger partial charge is 0.465 e. The lowest BCUT2D eigenvalue weighted by molar-refractivity contribution is 0.0889. The molecule has 3 atom stereocenters. The summed E-state index contributed by atoms with van der Waals surface area (Å²) in [5, 5.41) is 18.7. The molecule has 3 rings (SSSR count). The van der Waals surface area contributed by atoms with Crippen LogP contribution in [-0.2, 0) is 0 Å². The highest BCUT2D eigenvalue weighted by Gasteiger charge is 2.51. The smallest absolute Gasteiger partial charge is 0.407 e. The Kier molecular flexibility index (Phi) is 3.67. The number of nitrogens with zero attached hydrogens (tertiary/aromatic N) is 4. The molecule has 0 aromatic carbocycles. The number of rotatable bonds is 1. The molecule has 6 nitrogen and oxygen atoms in total. The Labute approximate surface area is 136 Å². The lowest BCUT2D eigenvalue weighted by atomic mass is 9.84. The number of amides is 1. The van der Waals surface area contributed by atoms with Gasteiger partial charge in [0.2, 0.25) is 0 Å². The van der Waals surface area contributed by atoms with Crippen LogP contribution in [-0.4, -0.2) is 46.3 Å². The Morgan fingerprint density at radius 1 is 1.39 bits per heavy atom. The van der Waals surface area contributed by atoms with Gasteiger partial charge in [0, 0.05) is 31.2 Å². The van der Waals surface area contributed by atoms with Crippen LogP contribution in [0, 0.1) is 22.7 Å². The standard InChI is InChI=1S/C17H22N4O2/c1-17(2,3)15-5-12-9-20(10-14(12)21(15)16(22)23)13-4-11(6-18)7-19-8-13/h4,7-8,12,14-15H,5,9-10H2,1-3H3,(H,22,23)/t12-,14+,15?/m1/s1. The van der Waals surface area contributed by atoms with Gasteiger partial charge in [0.05, 0.1) is 23.5 Å². The molecular formula is C17H22N4O2. The lowest BCUT2D eigenvalue weighted by Gasteiger charge is -2.36. The number of carbonyl (C=O) groups is 1. The van der Waals surface area contributed by atoms with Crippen molar-refractivity contribution in [3.8, 4) is 6.07 Å². The van der Waals surface area contributed by atoms with E-state index in [0.717, 1.165) is 18.7 Å². The maximum Gasteiger partial charge on any atom is 0.407 e. The average molecular weight is 314 g/mol. The average Bonchev–Trinajstić information content (AvgIpc) is 3.03. The Balaban J connectivity index is 1.83. The first-order valence-electron chi connectivity index (χ1n) is 7.92. The minimum Gasteiger partial charge on any atom is -0.465 e. The number of carboxylic acid groups (broad SMARTS) is 1. The summed E-state index contributed by atoms with van der Waals surface area (Å²) < 4.78 is 0. The Hall–Kier alpha value is -2.29. The van der Waals surface area contributed by atoms with Gasteiger partial charge in [-0.3, -0.25) is 9.88 Å². The Morgan fingerprint density at radius 2 is 2.13 bits per heavy atom. The SMILES string of the molecule is CC(C)(C)C1C[C@@H]2CN(c3cncc(C#N)c3)C[C@@H]2N1C(=O)O. The van der Waals surface area contributed by atoms with Gasteiger partial charge < -0.3 is 10.0 Å². The van der Waals surface area contributed by atoms with Crippen LogP contribution in [0.2, 0.25) is 0 Å². The second-order valence-corrected chi connectivity index (χ2v) is 7.58. The van der Waals surface area contributed by atoms with E-state index in [2.05, 4.69) is 36.7 Å². The predicted molar refractivity (Wildman–Crippen MR) is 86.2 cm³/mol. The Bertz CT molecular complexity index is 661. The van der Waals surface area contributed by atoms with E-state index in [0.29, 0.717) is 18.0 Å². The molecule has 1 unspecified atom stereocenters. The van der Waals surface area contributed by atoms with Crippen LogP contribution in [0.15, 0.2) is 18.5 Å². The predicted octanol–water partition coefficient (Wildman–Crippen LogP) is 2.56. The zero-order valence-corrected chi connectivity index (χ0v) is 13.7. The summed E-state index contributed by atoms with van der Waals surface area (Å²) in [6.07, 6.45) is 3.35. The van der Waals surface area contributed by atoms with Gasteiger partial charge in [-0.05, 0) is 17.9 Å². The summed E-state index contributed by atoms with van der Waals surface area (Å²) in [5.41, 5.74) is 1.37. The molecule has 1 aromatic heterocycles. The maximum absolute atomic E-state index is 11.8. The molecule has 2 saturated heterocycles. The first-order valence-corrected chi connectivity index (χ1v) is 7.92. The van der Waals surface area contributed by atoms with Crippen molar-refractivity contribution in [2.75, 3.05) is 18.0 Å². The van der Waals surface area contributed by atoms with Crippen LogP contribution in [0.1, 0.15) is 32.8 Å². The topological polar surface area (TPSA) is 80.5 Å². The third-order valence-electron chi connectivity index (χ3n) is 5.06. The van der Waals surface area contributed by atoms with E-state index in [1.165, 1.54) is 0 Å². The molecule has 2 fully saturated rings. The first kappa shape index (κ1) is 15.6. The molecule has 0 saturated carbocycles. The van der Waals surface area contributed by atoms with Crippen molar-refractivity contribution in [2.45, 2.75) is 39.3 Å². The van der Waals surface area contributed by atoms with Gasteiger partial charge in [-0.15, -0.1) is 0 Å². The van der Waals surface area contributed by atoms with E-state index in [1.54, 1.807) is 17.3 Å². The molecule has 23 heavy (non-hydrogen) atoms. The number of aromatic nitrogens is 1. The zero-order valence-electron chi connectivity index (χ0n) is 13.7. The highest BCUT2D eigenvalue weighted by atomic mass is 16.4. The van der Waals surface area contributed by atoms with Gasteiger partial charge >= 0.3 is 6.09 Å². The number of likely N-dealkylation sites (tertiary alicyclic amines) is 1. The third-order valence-corrected chi connectivity index (χ3v) is 5.06. The minimum absolute atomic E-state index is 0.0162. The van der Waals surface area contributed by atoms with Gasteiger partial charge in [0.25, 0.3) is 0 Å². The second-order valence-electron chi connectivity index (χ2n) is 7.58. The molecule has 6 heteroatoms. The monoisotopic (exact) mass is 314 g/mol. The number of anilines is 1. The molecular weight excluding hydrogens is 292 g/mol. The van der Waals surface area contributed by atoms with E-state index < -0.39 is 6.09 Å². The van der Waals surface area contributed by atoms with E-state index >= 15 is 0 Å². The van der Waals surface area contributed by atoms with Crippen LogP contribution in [0.5, 0.6) is 0 Å². The number of fused-ring (bicyclic) bond motifs is 1. The van der Waals surface area contributed by atoms with Gasteiger partial charge in [0.15, 0.2) is 0 Å².